The number of aromatic amines is 1. The summed E-state index contributed by atoms with van der Waals surface area (Å²) in [5.74, 6) is 0. The summed E-state index contributed by atoms with van der Waals surface area (Å²) < 4.78 is 17.5. The number of aromatic nitrogens is 2. The molecule has 0 saturated carbocycles. The number of nitrogens with zero attached hydrogens (tertiary/aromatic N) is 1. The summed E-state index contributed by atoms with van der Waals surface area (Å²) in [7, 11) is -3.17. The van der Waals surface area contributed by atoms with Crippen LogP contribution in [0.5, 0.6) is 0 Å². The molecule has 4 heteroatoms. The normalized spacial score (nSPS) is 13.3. The molecule has 1 aromatic heterocycles. The van der Waals surface area contributed by atoms with Crippen LogP contribution in [0.3, 0.4) is 0 Å². The first-order valence-corrected chi connectivity index (χ1v) is 13.8. The minimum absolute atomic E-state index is 0.735. The van der Waals surface area contributed by atoms with Crippen LogP contribution in [0.15, 0.2) is 133 Å². The first-order valence-electron chi connectivity index (χ1n) is 12.1. The van der Waals surface area contributed by atoms with Crippen LogP contribution in [0.1, 0.15) is 0 Å². The second-order valence-electron chi connectivity index (χ2n) is 9.07. The standard InChI is InChI=1S/C32H23N2OP/c35-36(25-13-5-2-6-14-25,32-21-18-23-10-9-16-29(23)33-32)26-19-20-31-28(22-26)27-15-7-8-17-30(27)34(31)24-11-3-1-4-12-24/h1-22,33H. The molecule has 7 rings (SSSR count). The highest BCUT2D eigenvalue weighted by molar-refractivity contribution is 7.85. The summed E-state index contributed by atoms with van der Waals surface area (Å²) in [5.41, 5.74) is 6.18. The fraction of sp³-hybridized carbons (Fsp3) is 0. The van der Waals surface area contributed by atoms with E-state index in [0.717, 1.165) is 54.8 Å². The molecule has 2 aliphatic rings. The van der Waals surface area contributed by atoms with Gasteiger partial charge in [-0.25, -0.2) is 0 Å². The van der Waals surface area contributed by atoms with E-state index in [2.05, 4.69) is 82.3 Å². The molecule has 36 heavy (non-hydrogen) atoms. The van der Waals surface area contributed by atoms with E-state index in [9.17, 15) is 0 Å². The third-order valence-electron chi connectivity index (χ3n) is 7.03. The van der Waals surface area contributed by atoms with Crippen molar-refractivity contribution in [2.75, 3.05) is 0 Å². The van der Waals surface area contributed by atoms with Crippen LogP contribution in [0.2, 0.25) is 0 Å². The second-order valence-corrected chi connectivity index (χ2v) is 11.8. The van der Waals surface area contributed by atoms with Crippen LogP contribution in [0.4, 0.5) is 0 Å². The number of para-hydroxylation sites is 2. The van der Waals surface area contributed by atoms with Gasteiger partial charge in [0, 0.05) is 32.8 Å². The molecule has 0 fully saturated rings. The molecule has 172 valence electrons. The van der Waals surface area contributed by atoms with Gasteiger partial charge in [0.25, 0.3) is 0 Å². The molecule has 5 aromatic rings. The monoisotopic (exact) mass is 482 g/mol. The second kappa shape index (κ2) is 8.12. The fourth-order valence-corrected chi connectivity index (χ4v) is 7.91. The Morgan fingerprint density at radius 1 is 0.556 bits per heavy atom. The van der Waals surface area contributed by atoms with Crippen LogP contribution in [0, 0.1) is 0 Å². The lowest BCUT2D eigenvalue weighted by molar-refractivity contribution is 0.592. The summed E-state index contributed by atoms with van der Waals surface area (Å²) in [4.78, 5) is 3.49. The van der Waals surface area contributed by atoms with Crippen LogP contribution in [0.25, 0.3) is 38.8 Å². The van der Waals surface area contributed by atoms with E-state index < -0.39 is 7.14 Å². The Morgan fingerprint density at radius 3 is 2.11 bits per heavy atom. The third-order valence-corrected chi connectivity index (χ3v) is 10.00. The van der Waals surface area contributed by atoms with Gasteiger partial charge in [-0.2, -0.15) is 0 Å². The average Bonchev–Trinajstić information content (AvgIpc) is 3.55. The maximum Gasteiger partial charge on any atom is 0.186 e. The summed E-state index contributed by atoms with van der Waals surface area (Å²) in [6.07, 6.45) is 0. The zero-order chi connectivity index (χ0) is 24.1. The molecule has 0 saturated heterocycles. The molecule has 1 N–H and O–H groups in total. The Balaban J connectivity index is 1.53. The van der Waals surface area contributed by atoms with Crippen molar-refractivity contribution in [3.63, 3.8) is 0 Å². The van der Waals surface area contributed by atoms with Crippen molar-refractivity contribution in [3.05, 3.63) is 133 Å². The number of benzene rings is 4. The van der Waals surface area contributed by atoms with Crippen molar-refractivity contribution >= 4 is 45.0 Å². The van der Waals surface area contributed by atoms with Crippen LogP contribution in [-0.4, -0.2) is 9.55 Å². The van der Waals surface area contributed by atoms with E-state index in [0.29, 0.717) is 0 Å². The van der Waals surface area contributed by atoms with Gasteiger partial charge >= 0.3 is 0 Å². The van der Waals surface area contributed by atoms with E-state index in [1.807, 2.05) is 60.7 Å². The van der Waals surface area contributed by atoms with Gasteiger partial charge < -0.3 is 14.1 Å². The zero-order valence-corrected chi connectivity index (χ0v) is 20.4. The molecule has 2 heterocycles. The molecular formula is C32H23N2OP. The zero-order valence-electron chi connectivity index (χ0n) is 19.5. The first kappa shape index (κ1) is 21.0. The lowest BCUT2D eigenvalue weighted by atomic mass is 10.1. The van der Waals surface area contributed by atoms with Crippen molar-refractivity contribution in [3.8, 4) is 16.9 Å². The topological polar surface area (TPSA) is 37.8 Å². The van der Waals surface area contributed by atoms with Gasteiger partial charge in [0.05, 0.1) is 16.5 Å². The summed E-state index contributed by atoms with van der Waals surface area (Å²) in [5, 5.41) is 3.88. The van der Waals surface area contributed by atoms with Gasteiger partial charge in [-0.15, -0.1) is 0 Å². The van der Waals surface area contributed by atoms with Gasteiger partial charge in [-0.1, -0.05) is 84.9 Å². The van der Waals surface area contributed by atoms with Crippen LogP contribution < -0.4 is 16.0 Å². The summed E-state index contributed by atoms with van der Waals surface area (Å²) in [6.45, 7) is 0. The number of fused-ring (bicyclic) bond motifs is 4. The summed E-state index contributed by atoms with van der Waals surface area (Å²) >= 11 is 0. The third kappa shape index (κ3) is 3.10. The molecule has 0 spiro atoms. The van der Waals surface area contributed by atoms with Gasteiger partial charge in [0.15, 0.2) is 7.14 Å². The minimum Gasteiger partial charge on any atom is -0.352 e. The molecule has 4 aromatic carbocycles. The average molecular weight is 483 g/mol. The lowest BCUT2D eigenvalue weighted by Gasteiger charge is -2.21. The number of pyridine rings is 1. The van der Waals surface area contributed by atoms with E-state index in [-0.39, 0.29) is 0 Å². The lowest BCUT2D eigenvalue weighted by Crippen LogP contribution is -2.27. The number of hydrogen-bond acceptors (Lipinski definition) is 1. The Bertz CT molecular complexity index is 1860. The van der Waals surface area contributed by atoms with Crippen LogP contribution >= 0.6 is 7.14 Å². The Kier molecular flexibility index (Phi) is 4.73. The highest BCUT2D eigenvalue weighted by atomic mass is 31.2. The number of nitrogens with one attached hydrogen (secondary N) is 1. The molecule has 0 radical (unpaired) electrons. The number of rotatable bonds is 4. The molecule has 1 aliphatic carbocycles. The quantitative estimate of drug-likeness (QED) is 0.274. The molecule has 0 amide bonds. The molecule has 0 bridgehead atoms. The molecule has 3 nitrogen and oxygen atoms in total. The Labute approximate surface area is 209 Å². The Morgan fingerprint density at radius 2 is 1.28 bits per heavy atom. The van der Waals surface area contributed by atoms with Crippen molar-refractivity contribution in [2.24, 2.45) is 0 Å². The van der Waals surface area contributed by atoms with E-state index in [4.69, 9.17) is 0 Å². The molecule has 1 aliphatic heterocycles. The van der Waals surface area contributed by atoms with Crippen LogP contribution in [-0.2, 0) is 4.57 Å². The smallest absolute Gasteiger partial charge is 0.186 e. The largest absolute Gasteiger partial charge is 0.352 e. The predicted octanol–water partition coefficient (Wildman–Crippen LogP) is 6.86. The highest BCUT2D eigenvalue weighted by Crippen LogP contribution is 2.44. The van der Waals surface area contributed by atoms with Gasteiger partial charge in [0.1, 0.15) is 0 Å². The van der Waals surface area contributed by atoms with Gasteiger partial charge in [-0.3, -0.25) is 0 Å². The molecule has 1 unspecified atom stereocenters. The van der Waals surface area contributed by atoms with Crippen molar-refractivity contribution in [1.29, 1.82) is 0 Å². The predicted molar refractivity (Wildman–Crippen MR) is 151 cm³/mol. The summed E-state index contributed by atoms with van der Waals surface area (Å²) in [6, 6.07) is 45.1. The van der Waals surface area contributed by atoms with Gasteiger partial charge in [0.2, 0.25) is 0 Å². The first-order chi connectivity index (χ1) is 17.7. The Hall–Kier alpha value is -4.33. The fourth-order valence-electron chi connectivity index (χ4n) is 5.30. The minimum atomic E-state index is -3.17. The van der Waals surface area contributed by atoms with Crippen molar-refractivity contribution < 1.29 is 4.57 Å². The number of hydrogen-bond donors (Lipinski definition) is 1. The molecule has 1 atom stereocenters. The van der Waals surface area contributed by atoms with E-state index >= 15 is 4.57 Å². The van der Waals surface area contributed by atoms with E-state index in [1.165, 1.54) is 0 Å². The SMILES string of the molecule is O=P(c1ccccc1)(c1ccc2c(c1)c1ccccc1n2-c1ccccc1)c1ccc2cccc-2[nH]1. The van der Waals surface area contributed by atoms with Crippen molar-refractivity contribution in [1.82, 2.24) is 9.55 Å². The van der Waals surface area contributed by atoms with E-state index in [1.54, 1.807) is 0 Å². The van der Waals surface area contributed by atoms with Crippen molar-refractivity contribution in [2.45, 2.75) is 0 Å². The maximum atomic E-state index is 15.2. The maximum absolute atomic E-state index is 15.2. The molecular weight excluding hydrogens is 459 g/mol. The highest BCUT2D eigenvalue weighted by Gasteiger charge is 2.32. The van der Waals surface area contributed by atoms with Gasteiger partial charge in [-0.05, 0) is 54.1 Å². The number of H-pyrrole nitrogens is 1.